The Kier molecular flexibility index (Phi) is 5.80. The topological polar surface area (TPSA) is 49.9 Å². The SMILES string of the molecule is O=Cc1ccc(OCC(=O)N2CCN(Cc3ccccc3)CC2)cc1. The number of ether oxygens (including phenoxy) is 1. The number of aldehydes is 1. The molecule has 0 N–H and O–H groups in total. The Morgan fingerprint density at radius 1 is 0.960 bits per heavy atom. The number of benzene rings is 2. The monoisotopic (exact) mass is 338 g/mol. The number of piperazine rings is 1. The van der Waals surface area contributed by atoms with E-state index in [1.165, 1.54) is 5.56 Å². The number of carbonyl (C=O) groups excluding carboxylic acids is 2. The summed E-state index contributed by atoms with van der Waals surface area (Å²) in [6, 6.07) is 17.1. The van der Waals surface area contributed by atoms with Gasteiger partial charge in [-0.15, -0.1) is 0 Å². The summed E-state index contributed by atoms with van der Waals surface area (Å²) >= 11 is 0. The van der Waals surface area contributed by atoms with Gasteiger partial charge in [0.25, 0.3) is 5.91 Å². The molecule has 0 radical (unpaired) electrons. The molecule has 5 heteroatoms. The molecule has 0 unspecified atom stereocenters. The average Bonchev–Trinajstić information content (AvgIpc) is 2.68. The fourth-order valence-electron chi connectivity index (χ4n) is 2.88. The van der Waals surface area contributed by atoms with Gasteiger partial charge >= 0.3 is 0 Å². The van der Waals surface area contributed by atoms with Gasteiger partial charge in [-0.2, -0.15) is 0 Å². The second-order valence-electron chi connectivity index (χ2n) is 6.12. The quantitative estimate of drug-likeness (QED) is 0.758. The second kappa shape index (κ2) is 8.44. The van der Waals surface area contributed by atoms with Gasteiger partial charge < -0.3 is 9.64 Å². The van der Waals surface area contributed by atoms with Crippen LogP contribution in [0.25, 0.3) is 0 Å². The zero-order chi connectivity index (χ0) is 17.5. The molecular weight excluding hydrogens is 316 g/mol. The van der Waals surface area contributed by atoms with E-state index in [9.17, 15) is 9.59 Å². The maximum absolute atomic E-state index is 12.3. The van der Waals surface area contributed by atoms with Crippen LogP contribution in [-0.4, -0.2) is 54.8 Å². The van der Waals surface area contributed by atoms with Crippen molar-refractivity contribution in [3.8, 4) is 5.75 Å². The van der Waals surface area contributed by atoms with Crippen molar-refractivity contribution >= 4 is 12.2 Å². The molecule has 0 spiro atoms. The molecule has 1 amide bonds. The van der Waals surface area contributed by atoms with E-state index in [2.05, 4.69) is 17.0 Å². The van der Waals surface area contributed by atoms with Crippen LogP contribution in [-0.2, 0) is 11.3 Å². The lowest BCUT2D eigenvalue weighted by Gasteiger charge is -2.34. The van der Waals surface area contributed by atoms with E-state index in [1.807, 2.05) is 23.1 Å². The van der Waals surface area contributed by atoms with Crippen LogP contribution in [0.2, 0.25) is 0 Å². The lowest BCUT2D eigenvalue weighted by Crippen LogP contribution is -2.49. The molecule has 5 nitrogen and oxygen atoms in total. The van der Waals surface area contributed by atoms with Gasteiger partial charge in [0.05, 0.1) is 0 Å². The first-order valence-electron chi connectivity index (χ1n) is 8.47. The smallest absolute Gasteiger partial charge is 0.260 e. The Balaban J connectivity index is 1.42. The van der Waals surface area contributed by atoms with E-state index < -0.39 is 0 Å². The Bertz CT molecular complexity index is 693. The molecule has 2 aromatic carbocycles. The molecule has 1 fully saturated rings. The summed E-state index contributed by atoms with van der Waals surface area (Å²) in [6.07, 6.45) is 0.782. The molecular formula is C20H22N2O3. The first-order valence-corrected chi connectivity index (χ1v) is 8.47. The number of hydrogen-bond acceptors (Lipinski definition) is 4. The van der Waals surface area contributed by atoms with Crippen molar-refractivity contribution in [1.29, 1.82) is 0 Å². The number of nitrogens with zero attached hydrogens (tertiary/aromatic N) is 2. The van der Waals surface area contributed by atoms with E-state index in [0.717, 1.165) is 39.0 Å². The second-order valence-corrected chi connectivity index (χ2v) is 6.12. The van der Waals surface area contributed by atoms with Gasteiger partial charge in [-0.05, 0) is 29.8 Å². The maximum atomic E-state index is 12.3. The molecule has 130 valence electrons. The minimum atomic E-state index is -0.00109. The van der Waals surface area contributed by atoms with Crippen LogP contribution in [0.15, 0.2) is 54.6 Å². The van der Waals surface area contributed by atoms with E-state index in [0.29, 0.717) is 11.3 Å². The molecule has 0 atom stereocenters. The third-order valence-corrected chi connectivity index (χ3v) is 4.35. The Labute approximate surface area is 147 Å². The Morgan fingerprint density at radius 2 is 1.64 bits per heavy atom. The van der Waals surface area contributed by atoms with Gasteiger partial charge in [0.15, 0.2) is 6.61 Å². The largest absolute Gasteiger partial charge is 0.484 e. The standard InChI is InChI=1S/C20H22N2O3/c23-15-18-6-8-19(9-7-18)25-16-20(24)22-12-10-21(11-13-22)14-17-4-2-1-3-5-17/h1-9,15H,10-14,16H2. The van der Waals surface area contributed by atoms with E-state index in [4.69, 9.17) is 4.74 Å². The van der Waals surface area contributed by atoms with Crippen molar-refractivity contribution in [2.45, 2.75) is 6.54 Å². The predicted octanol–water partition coefficient (Wildman–Crippen LogP) is 2.22. The van der Waals surface area contributed by atoms with Crippen molar-refractivity contribution in [1.82, 2.24) is 9.80 Å². The van der Waals surface area contributed by atoms with Gasteiger partial charge in [-0.3, -0.25) is 14.5 Å². The molecule has 2 aromatic rings. The van der Waals surface area contributed by atoms with Crippen LogP contribution in [0.3, 0.4) is 0 Å². The molecule has 1 heterocycles. The molecule has 0 saturated carbocycles. The van der Waals surface area contributed by atoms with Gasteiger partial charge in [0, 0.05) is 38.3 Å². The van der Waals surface area contributed by atoms with Crippen LogP contribution < -0.4 is 4.74 Å². The summed E-state index contributed by atoms with van der Waals surface area (Å²) in [7, 11) is 0. The number of carbonyl (C=O) groups is 2. The third kappa shape index (κ3) is 4.90. The van der Waals surface area contributed by atoms with Crippen molar-refractivity contribution in [3.05, 3.63) is 65.7 Å². The molecule has 1 aliphatic heterocycles. The molecule has 25 heavy (non-hydrogen) atoms. The highest BCUT2D eigenvalue weighted by molar-refractivity contribution is 5.78. The summed E-state index contributed by atoms with van der Waals surface area (Å²) in [5.41, 5.74) is 1.89. The van der Waals surface area contributed by atoms with Gasteiger partial charge in [0.2, 0.25) is 0 Å². The number of hydrogen-bond donors (Lipinski definition) is 0. The van der Waals surface area contributed by atoms with Crippen molar-refractivity contribution in [3.63, 3.8) is 0 Å². The van der Waals surface area contributed by atoms with E-state index in [-0.39, 0.29) is 12.5 Å². The van der Waals surface area contributed by atoms with Crippen LogP contribution in [0.1, 0.15) is 15.9 Å². The lowest BCUT2D eigenvalue weighted by atomic mass is 10.2. The molecule has 0 aliphatic carbocycles. The zero-order valence-corrected chi connectivity index (χ0v) is 14.1. The van der Waals surface area contributed by atoms with Crippen molar-refractivity contribution in [2.24, 2.45) is 0 Å². The highest BCUT2D eigenvalue weighted by Gasteiger charge is 2.21. The first-order chi connectivity index (χ1) is 12.2. The normalized spacial score (nSPS) is 15.0. The lowest BCUT2D eigenvalue weighted by molar-refractivity contribution is -0.135. The zero-order valence-electron chi connectivity index (χ0n) is 14.1. The van der Waals surface area contributed by atoms with Gasteiger partial charge in [0.1, 0.15) is 12.0 Å². The summed E-state index contributed by atoms with van der Waals surface area (Å²) < 4.78 is 5.52. The van der Waals surface area contributed by atoms with Crippen LogP contribution in [0.4, 0.5) is 0 Å². The summed E-state index contributed by atoms with van der Waals surface area (Å²) in [6.45, 7) is 4.13. The number of rotatable bonds is 6. The van der Waals surface area contributed by atoms with Crippen LogP contribution >= 0.6 is 0 Å². The van der Waals surface area contributed by atoms with Crippen molar-refractivity contribution in [2.75, 3.05) is 32.8 Å². The Hall–Kier alpha value is -2.66. The van der Waals surface area contributed by atoms with Crippen molar-refractivity contribution < 1.29 is 14.3 Å². The highest BCUT2D eigenvalue weighted by atomic mass is 16.5. The van der Waals surface area contributed by atoms with Crippen LogP contribution in [0.5, 0.6) is 5.75 Å². The maximum Gasteiger partial charge on any atom is 0.260 e. The summed E-state index contributed by atoms with van der Waals surface area (Å²) in [5, 5.41) is 0. The third-order valence-electron chi connectivity index (χ3n) is 4.35. The molecule has 1 saturated heterocycles. The fourth-order valence-corrected chi connectivity index (χ4v) is 2.88. The Morgan fingerprint density at radius 3 is 2.28 bits per heavy atom. The van der Waals surface area contributed by atoms with E-state index in [1.54, 1.807) is 24.3 Å². The average molecular weight is 338 g/mol. The molecule has 0 bridgehead atoms. The van der Waals surface area contributed by atoms with Crippen LogP contribution in [0, 0.1) is 0 Å². The number of amides is 1. The molecule has 1 aliphatic rings. The summed E-state index contributed by atoms with van der Waals surface area (Å²) in [4.78, 5) is 27.1. The molecule has 0 aromatic heterocycles. The molecule has 3 rings (SSSR count). The minimum absolute atomic E-state index is 0.00109. The highest BCUT2D eigenvalue weighted by Crippen LogP contribution is 2.12. The summed E-state index contributed by atoms with van der Waals surface area (Å²) in [5.74, 6) is 0.598. The fraction of sp³-hybridized carbons (Fsp3) is 0.300. The predicted molar refractivity (Wildman–Crippen MR) is 95.6 cm³/mol. The van der Waals surface area contributed by atoms with Gasteiger partial charge in [-0.25, -0.2) is 0 Å². The minimum Gasteiger partial charge on any atom is -0.484 e. The van der Waals surface area contributed by atoms with E-state index >= 15 is 0 Å². The first kappa shape index (κ1) is 17.2. The van der Waals surface area contributed by atoms with Gasteiger partial charge in [-0.1, -0.05) is 30.3 Å².